The Balaban J connectivity index is 1.57. The number of carbonyl (C=O) groups is 2. The third-order valence-electron chi connectivity index (χ3n) is 6.27. The van der Waals surface area contributed by atoms with E-state index in [1.807, 2.05) is 6.92 Å². The van der Waals surface area contributed by atoms with Gasteiger partial charge in [-0.1, -0.05) is 6.92 Å². The normalized spacial score (nSPS) is 19.4. The Morgan fingerprint density at radius 3 is 2.59 bits per heavy atom. The maximum Gasteiger partial charge on any atom is 0.270 e. The summed E-state index contributed by atoms with van der Waals surface area (Å²) in [6.07, 6.45) is 4.66. The first-order chi connectivity index (χ1) is 15.4. The molecule has 1 aliphatic heterocycles. The van der Waals surface area contributed by atoms with Gasteiger partial charge in [0.25, 0.3) is 17.4 Å². The molecule has 2 N–H and O–H groups in total. The first-order valence-corrected chi connectivity index (χ1v) is 10.7. The van der Waals surface area contributed by atoms with Gasteiger partial charge in [0.05, 0.1) is 0 Å². The molecule has 5 rings (SSSR count). The molecule has 1 aromatic carbocycles. The van der Waals surface area contributed by atoms with Gasteiger partial charge >= 0.3 is 0 Å². The lowest BCUT2D eigenvalue weighted by Gasteiger charge is -2.30. The zero-order valence-corrected chi connectivity index (χ0v) is 17.6. The summed E-state index contributed by atoms with van der Waals surface area (Å²) in [5.74, 6) is -0.547. The molecular weight excluding hydrogens is 411 g/mol. The molecule has 0 unspecified atom stereocenters. The monoisotopic (exact) mass is 434 g/mol. The Kier molecular flexibility index (Phi) is 4.92. The molecule has 8 heteroatoms. The van der Waals surface area contributed by atoms with E-state index < -0.39 is 11.4 Å². The van der Waals surface area contributed by atoms with Crippen molar-refractivity contribution in [2.24, 2.45) is 5.92 Å². The van der Waals surface area contributed by atoms with Crippen LogP contribution in [0.25, 0.3) is 5.69 Å². The predicted octanol–water partition coefficient (Wildman–Crippen LogP) is 2.64. The van der Waals surface area contributed by atoms with Gasteiger partial charge in [0.2, 0.25) is 0 Å². The highest BCUT2D eigenvalue weighted by atomic mass is 19.1. The molecule has 3 heterocycles. The van der Waals surface area contributed by atoms with Crippen molar-refractivity contribution in [3.8, 4) is 5.69 Å². The third kappa shape index (κ3) is 3.62. The number of pyridine rings is 1. The van der Waals surface area contributed by atoms with Crippen molar-refractivity contribution in [1.29, 1.82) is 0 Å². The Morgan fingerprint density at radius 1 is 1.19 bits per heavy atom. The molecule has 0 spiro atoms. The number of nitrogens with one attached hydrogen (secondary N) is 2. The molecule has 7 nitrogen and oxygen atoms in total. The number of benzene rings is 1. The number of amides is 2. The quantitative estimate of drug-likeness (QED) is 0.662. The molecule has 1 saturated carbocycles. The maximum atomic E-state index is 13.4. The van der Waals surface area contributed by atoms with Crippen molar-refractivity contribution in [3.63, 3.8) is 0 Å². The third-order valence-corrected chi connectivity index (χ3v) is 6.27. The van der Waals surface area contributed by atoms with E-state index in [0.717, 1.165) is 12.0 Å². The van der Waals surface area contributed by atoms with E-state index in [1.54, 1.807) is 29.4 Å². The van der Waals surface area contributed by atoms with Crippen molar-refractivity contribution in [2.45, 2.75) is 32.4 Å². The Hall–Kier alpha value is -3.68. The summed E-state index contributed by atoms with van der Waals surface area (Å²) in [5.41, 5.74) is 2.02. The fourth-order valence-corrected chi connectivity index (χ4v) is 4.25. The molecule has 3 aromatic rings. The molecule has 2 amide bonds. The van der Waals surface area contributed by atoms with Crippen molar-refractivity contribution in [3.05, 3.63) is 87.3 Å². The lowest BCUT2D eigenvalue weighted by atomic mass is 9.95. The average Bonchev–Trinajstić information content (AvgIpc) is 3.24. The zero-order valence-electron chi connectivity index (χ0n) is 17.6. The largest absolute Gasteiger partial charge is 0.357 e. The number of aromatic amines is 1. The van der Waals surface area contributed by atoms with Crippen LogP contribution in [-0.2, 0) is 13.0 Å². The minimum Gasteiger partial charge on any atom is -0.357 e. The lowest BCUT2D eigenvalue weighted by Crippen LogP contribution is -2.41. The minimum atomic E-state index is -0.440. The van der Waals surface area contributed by atoms with Gasteiger partial charge in [-0.3, -0.25) is 19.0 Å². The molecular formula is C24H23FN4O3. The summed E-state index contributed by atoms with van der Waals surface area (Å²) < 4.78 is 14.8. The number of nitrogens with zero attached hydrogens (tertiary/aromatic N) is 2. The molecule has 1 aliphatic carbocycles. The van der Waals surface area contributed by atoms with Gasteiger partial charge in [-0.2, -0.15) is 0 Å². The summed E-state index contributed by atoms with van der Waals surface area (Å²) in [4.78, 5) is 43.9. The molecule has 2 aromatic heterocycles. The fraction of sp³-hybridized carbons (Fsp3) is 0.292. The number of hydrogen-bond donors (Lipinski definition) is 2. The second kappa shape index (κ2) is 7.78. The van der Waals surface area contributed by atoms with Gasteiger partial charge in [-0.15, -0.1) is 0 Å². The number of rotatable bonds is 4. The SMILES string of the molecule is C[C@@H]1C[C@H]1NC(=O)c1c2c(cn(-c3ccc(F)cc3)c1=O)CN(C(=O)c1ccc[nH]1)CC2. The Morgan fingerprint density at radius 2 is 1.94 bits per heavy atom. The highest BCUT2D eigenvalue weighted by molar-refractivity contribution is 5.97. The van der Waals surface area contributed by atoms with Gasteiger partial charge in [0.1, 0.15) is 17.1 Å². The Labute approximate surface area is 183 Å². The number of fused-ring (bicyclic) bond motifs is 1. The highest BCUT2D eigenvalue weighted by Gasteiger charge is 2.36. The topological polar surface area (TPSA) is 87.2 Å². The van der Waals surface area contributed by atoms with E-state index in [-0.39, 0.29) is 30.0 Å². The van der Waals surface area contributed by atoms with Crippen LogP contribution in [0.4, 0.5) is 4.39 Å². The van der Waals surface area contributed by atoms with Crippen LogP contribution in [0.3, 0.4) is 0 Å². The molecule has 2 aliphatic rings. The number of carbonyl (C=O) groups excluding carboxylic acids is 2. The summed E-state index contributed by atoms with van der Waals surface area (Å²) in [6, 6.07) is 9.09. The summed E-state index contributed by atoms with van der Waals surface area (Å²) >= 11 is 0. The van der Waals surface area contributed by atoms with Crippen molar-refractivity contribution in [1.82, 2.24) is 19.8 Å². The first kappa shape index (κ1) is 20.2. The summed E-state index contributed by atoms with van der Waals surface area (Å²) in [6.45, 7) is 2.73. The van der Waals surface area contributed by atoms with Crippen LogP contribution in [-0.4, -0.2) is 38.9 Å². The second-order valence-electron chi connectivity index (χ2n) is 8.51. The van der Waals surface area contributed by atoms with E-state index >= 15 is 0 Å². The van der Waals surface area contributed by atoms with E-state index in [2.05, 4.69) is 10.3 Å². The number of hydrogen-bond acceptors (Lipinski definition) is 3. The molecule has 32 heavy (non-hydrogen) atoms. The van der Waals surface area contributed by atoms with Crippen LogP contribution in [0.15, 0.2) is 53.6 Å². The van der Waals surface area contributed by atoms with Crippen LogP contribution in [0.2, 0.25) is 0 Å². The van der Waals surface area contributed by atoms with Gasteiger partial charge < -0.3 is 15.2 Å². The molecule has 0 radical (unpaired) electrons. The summed E-state index contributed by atoms with van der Waals surface area (Å²) in [7, 11) is 0. The smallest absolute Gasteiger partial charge is 0.270 e. The van der Waals surface area contributed by atoms with Crippen molar-refractivity contribution < 1.29 is 14.0 Å². The number of aromatic nitrogens is 2. The van der Waals surface area contributed by atoms with E-state index in [4.69, 9.17) is 0 Å². The van der Waals surface area contributed by atoms with Crippen LogP contribution >= 0.6 is 0 Å². The van der Waals surface area contributed by atoms with E-state index in [1.165, 1.54) is 28.8 Å². The maximum absolute atomic E-state index is 13.4. The number of halogens is 1. The van der Waals surface area contributed by atoms with Gasteiger partial charge in [0, 0.05) is 37.2 Å². The standard InChI is InChI=1S/C24H23FN4O3/c1-14-11-20(14)27-22(30)21-18-8-10-28(23(31)19-3-2-9-26-19)12-15(18)13-29(24(21)32)17-6-4-16(25)5-7-17/h2-7,9,13-14,20,26H,8,10-12H2,1H3,(H,27,30)/t14-,20-/m1/s1. The van der Waals surface area contributed by atoms with E-state index in [0.29, 0.717) is 35.8 Å². The minimum absolute atomic E-state index is 0.0755. The molecule has 0 saturated heterocycles. The van der Waals surface area contributed by atoms with Gasteiger partial charge in [-0.05, 0) is 66.3 Å². The first-order valence-electron chi connectivity index (χ1n) is 10.7. The number of H-pyrrole nitrogens is 1. The van der Waals surface area contributed by atoms with Crippen LogP contribution in [0.5, 0.6) is 0 Å². The van der Waals surface area contributed by atoms with Gasteiger partial charge in [0.15, 0.2) is 0 Å². The molecule has 2 atom stereocenters. The summed E-state index contributed by atoms with van der Waals surface area (Å²) in [5, 5.41) is 2.96. The van der Waals surface area contributed by atoms with E-state index in [9.17, 15) is 18.8 Å². The van der Waals surface area contributed by atoms with Crippen LogP contribution in [0.1, 0.15) is 45.3 Å². The zero-order chi connectivity index (χ0) is 22.4. The van der Waals surface area contributed by atoms with Gasteiger partial charge in [-0.25, -0.2) is 4.39 Å². The van der Waals surface area contributed by atoms with Crippen molar-refractivity contribution >= 4 is 11.8 Å². The fourth-order valence-electron chi connectivity index (χ4n) is 4.25. The van der Waals surface area contributed by atoms with Crippen molar-refractivity contribution in [2.75, 3.05) is 6.54 Å². The highest BCUT2D eigenvalue weighted by Crippen LogP contribution is 2.30. The van der Waals surface area contributed by atoms with Crippen LogP contribution < -0.4 is 10.9 Å². The molecule has 1 fully saturated rings. The molecule has 0 bridgehead atoms. The predicted molar refractivity (Wildman–Crippen MR) is 116 cm³/mol. The molecule has 164 valence electrons. The second-order valence-corrected chi connectivity index (χ2v) is 8.51. The lowest BCUT2D eigenvalue weighted by molar-refractivity contribution is 0.0729. The van der Waals surface area contributed by atoms with Crippen LogP contribution in [0, 0.1) is 11.7 Å². The average molecular weight is 434 g/mol. The Bertz CT molecular complexity index is 1250.